The molecule has 152 valence electrons. The fraction of sp³-hybridized carbons (Fsp3) is 0.467. The van der Waals surface area contributed by atoms with Crippen LogP contribution in [0.5, 0.6) is 5.75 Å². The van der Waals surface area contributed by atoms with Gasteiger partial charge in [-0.1, -0.05) is 0 Å². The lowest BCUT2D eigenvalue weighted by molar-refractivity contribution is -0.205. The molecular weight excluding hydrogens is 393 g/mol. The van der Waals surface area contributed by atoms with Crippen molar-refractivity contribution in [3.63, 3.8) is 0 Å². The molecule has 1 amide bonds. The number of esters is 1. The van der Waals surface area contributed by atoms with E-state index in [1.165, 1.54) is 26.3 Å². The Kier molecular flexibility index (Phi) is 7.60. The van der Waals surface area contributed by atoms with Gasteiger partial charge in [-0.3, -0.25) is 4.79 Å². The summed E-state index contributed by atoms with van der Waals surface area (Å²) in [6.45, 7) is 0.105. The fourth-order valence-corrected chi connectivity index (χ4v) is 2.57. The SMILES string of the molecule is CNCCC(OC(=O)C(F)(F)F)C(=O)Nc1ccc(S(C)(=O)=O)cc1OC. The third-order valence-corrected chi connectivity index (χ3v) is 4.40. The molecule has 8 nitrogen and oxygen atoms in total. The molecule has 0 aliphatic carbocycles. The molecular formula is C15H19F3N2O6S. The van der Waals surface area contributed by atoms with Gasteiger partial charge in [-0.2, -0.15) is 13.2 Å². The molecule has 0 radical (unpaired) electrons. The Balaban J connectivity index is 3.05. The highest BCUT2D eigenvalue weighted by Gasteiger charge is 2.43. The van der Waals surface area contributed by atoms with Crippen molar-refractivity contribution < 1.29 is 40.7 Å². The van der Waals surface area contributed by atoms with E-state index < -0.39 is 34.0 Å². The number of anilines is 1. The number of hydrogen-bond acceptors (Lipinski definition) is 7. The first-order valence-electron chi connectivity index (χ1n) is 7.51. The minimum Gasteiger partial charge on any atom is -0.495 e. The number of rotatable bonds is 8. The average molecular weight is 412 g/mol. The number of sulfone groups is 1. The Bertz CT molecular complexity index is 795. The second-order valence-electron chi connectivity index (χ2n) is 5.41. The van der Waals surface area contributed by atoms with Crippen molar-refractivity contribution in [2.24, 2.45) is 0 Å². The van der Waals surface area contributed by atoms with Gasteiger partial charge in [0.25, 0.3) is 5.91 Å². The summed E-state index contributed by atoms with van der Waals surface area (Å²) in [5.41, 5.74) is 0.00687. The molecule has 0 aliphatic rings. The molecule has 0 aromatic heterocycles. The van der Waals surface area contributed by atoms with Gasteiger partial charge in [0, 0.05) is 18.7 Å². The van der Waals surface area contributed by atoms with Crippen LogP contribution < -0.4 is 15.4 Å². The zero-order chi connectivity index (χ0) is 20.8. The van der Waals surface area contributed by atoms with E-state index in [1.807, 2.05) is 0 Å². The minimum absolute atomic E-state index is 0.00687. The third kappa shape index (κ3) is 6.71. The van der Waals surface area contributed by atoms with Crippen LogP contribution in [0.25, 0.3) is 0 Å². The molecule has 12 heteroatoms. The topological polar surface area (TPSA) is 111 Å². The zero-order valence-electron chi connectivity index (χ0n) is 14.7. The fourth-order valence-electron chi connectivity index (χ4n) is 1.93. The number of benzene rings is 1. The molecule has 0 spiro atoms. The van der Waals surface area contributed by atoms with E-state index in [9.17, 15) is 31.2 Å². The van der Waals surface area contributed by atoms with Gasteiger partial charge in [-0.05, 0) is 25.7 Å². The maximum absolute atomic E-state index is 12.4. The summed E-state index contributed by atoms with van der Waals surface area (Å²) in [7, 11) is -0.808. The predicted molar refractivity (Wildman–Crippen MR) is 89.2 cm³/mol. The average Bonchev–Trinajstić information content (AvgIpc) is 2.56. The molecule has 1 aromatic rings. The van der Waals surface area contributed by atoms with Crippen molar-refractivity contribution in [2.45, 2.75) is 23.6 Å². The molecule has 0 saturated heterocycles. The smallest absolute Gasteiger partial charge is 0.490 e. The maximum atomic E-state index is 12.4. The van der Waals surface area contributed by atoms with Gasteiger partial charge < -0.3 is 20.1 Å². The van der Waals surface area contributed by atoms with Crippen molar-refractivity contribution >= 4 is 27.4 Å². The Morgan fingerprint density at radius 3 is 2.37 bits per heavy atom. The van der Waals surface area contributed by atoms with Gasteiger partial charge in [0.15, 0.2) is 15.9 Å². The van der Waals surface area contributed by atoms with Gasteiger partial charge in [-0.15, -0.1) is 0 Å². The van der Waals surface area contributed by atoms with E-state index in [2.05, 4.69) is 15.4 Å². The quantitative estimate of drug-likeness (QED) is 0.616. The number of ether oxygens (including phenoxy) is 2. The van der Waals surface area contributed by atoms with Gasteiger partial charge in [0.2, 0.25) is 0 Å². The predicted octanol–water partition coefficient (Wildman–Crippen LogP) is 1.12. The standard InChI is InChI=1S/C15H19F3N2O6S/c1-19-7-6-11(26-14(22)15(16,17)18)13(21)20-10-5-4-9(27(3,23)24)8-12(10)25-2/h4-5,8,11,19H,6-7H2,1-3H3,(H,20,21). The van der Waals surface area contributed by atoms with E-state index in [4.69, 9.17) is 4.74 Å². The molecule has 2 N–H and O–H groups in total. The number of halogens is 3. The molecule has 1 rings (SSSR count). The van der Waals surface area contributed by atoms with Crippen LogP contribution in [-0.2, 0) is 24.2 Å². The van der Waals surface area contributed by atoms with Crippen LogP contribution in [0.4, 0.5) is 18.9 Å². The number of methoxy groups -OCH3 is 1. The molecule has 1 unspecified atom stereocenters. The largest absolute Gasteiger partial charge is 0.495 e. The molecule has 0 heterocycles. The summed E-state index contributed by atoms with van der Waals surface area (Å²) in [6, 6.07) is 3.56. The van der Waals surface area contributed by atoms with Crippen molar-refractivity contribution in [2.75, 3.05) is 32.3 Å². The third-order valence-electron chi connectivity index (χ3n) is 3.29. The number of hydrogen-bond donors (Lipinski definition) is 2. The van der Waals surface area contributed by atoms with E-state index in [1.54, 1.807) is 0 Å². The van der Waals surface area contributed by atoms with Crippen LogP contribution in [0.1, 0.15) is 6.42 Å². The van der Waals surface area contributed by atoms with E-state index >= 15 is 0 Å². The van der Waals surface area contributed by atoms with Gasteiger partial charge in [0.1, 0.15) is 5.75 Å². The van der Waals surface area contributed by atoms with E-state index in [-0.39, 0.29) is 29.3 Å². The second kappa shape index (κ2) is 9.04. The van der Waals surface area contributed by atoms with Crippen molar-refractivity contribution in [3.05, 3.63) is 18.2 Å². The summed E-state index contributed by atoms with van der Waals surface area (Å²) in [5.74, 6) is -3.54. The van der Waals surface area contributed by atoms with Crippen LogP contribution in [0.3, 0.4) is 0 Å². The van der Waals surface area contributed by atoms with Gasteiger partial charge in [-0.25, -0.2) is 13.2 Å². The van der Waals surface area contributed by atoms with Crippen LogP contribution in [0, 0.1) is 0 Å². The highest BCUT2D eigenvalue weighted by Crippen LogP contribution is 2.28. The maximum Gasteiger partial charge on any atom is 0.490 e. The lowest BCUT2D eigenvalue weighted by Crippen LogP contribution is -2.38. The number of amides is 1. The van der Waals surface area contributed by atoms with Crippen LogP contribution in [-0.4, -0.2) is 59.5 Å². The lowest BCUT2D eigenvalue weighted by atomic mass is 10.2. The molecule has 0 fully saturated rings. The van der Waals surface area contributed by atoms with Crippen LogP contribution >= 0.6 is 0 Å². The Morgan fingerprint density at radius 2 is 1.89 bits per heavy atom. The normalized spacial score (nSPS) is 13.0. The summed E-state index contributed by atoms with van der Waals surface area (Å²) < 4.78 is 69.6. The highest BCUT2D eigenvalue weighted by atomic mass is 32.2. The number of alkyl halides is 3. The summed E-state index contributed by atoms with van der Waals surface area (Å²) >= 11 is 0. The van der Waals surface area contributed by atoms with Crippen LogP contribution in [0.2, 0.25) is 0 Å². The first-order valence-corrected chi connectivity index (χ1v) is 9.40. The van der Waals surface area contributed by atoms with Crippen molar-refractivity contribution in [1.82, 2.24) is 5.32 Å². The van der Waals surface area contributed by atoms with Crippen molar-refractivity contribution in [3.8, 4) is 5.75 Å². The van der Waals surface area contributed by atoms with E-state index in [0.29, 0.717) is 0 Å². The molecule has 0 aliphatic heterocycles. The minimum atomic E-state index is -5.24. The number of carbonyl (C=O) groups excluding carboxylic acids is 2. The molecule has 1 atom stereocenters. The Labute approximate surface area is 153 Å². The zero-order valence-corrected chi connectivity index (χ0v) is 15.5. The molecule has 1 aromatic carbocycles. The number of carbonyl (C=O) groups is 2. The molecule has 27 heavy (non-hydrogen) atoms. The van der Waals surface area contributed by atoms with Gasteiger partial charge in [0.05, 0.1) is 17.7 Å². The lowest BCUT2D eigenvalue weighted by Gasteiger charge is -2.19. The summed E-state index contributed by atoms with van der Waals surface area (Å²) in [5, 5.41) is 4.91. The summed E-state index contributed by atoms with van der Waals surface area (Å²) in [4.78, 5) is 23.2. The second-order valence-corrected chi connectivity index (χ2v) is 7.42. The highest BCUT2D eigenvalue weighted by molar-refractivity contribution is 7.90. The number of nitrogens with one attached hydrogen (secondary N) is 2. The monoisotopic (exact) mass is 412 g/mol. The van der Waals surface area contributed by atoms with Crippen molar-refractivity contribution in [1.29, 1.82) is 0 Å². The summed E-state index contributed by atoms with van der Waals surface area (Å²) in [6.07, 6.45) is -6.20. The van der Waals surface area contributed by atoms with E-state index in [0.717, 1.165) is 12.3 Å². The Hall–Kier alpha value is -2.34. The first kappa shape index (κ1) is 22.7. The van der Waals surface area contributed by atoms with Gasteiger partial charge >= 0.3 is 12.1 Å². The molecule has 0 saturated carbocycles. The Morgan fingerprint density at radius 1 is 1.26 bits per heavy atom. The first-order chi connectivity index (χ1) is 12.4. The molecule has 0 bridgehead atoms. The van der Waals surface area contributed by atoms with Crippen LogP contribution in [0.15, 0.2) is 23.1 Å².